The van der Waals surface area contributed by atoms with Gasteiger partial charge in [0.2, 0.25) is 0 Å². The topological polar surface area (TPSA) is 93.6 Å². The van der Waals surface area contributed by atoms with E-state index < -0.39 is 6.23 Å². The van der Waals surface area contributed by atoms with Gasteiger partial charge in [-0.1, -0.05) is 0 Å². The first-order valence-electron chi connectivity index (χ1n) is 10.0. The number of hydrogen-bond acceptors (Lipinski definition) is 7. The fourth-order valence-electron chi connectivity index (χ4n) is 4.10. The SMILES string of the molecule is Cc1cc(CN2CC3(CCN(Cc4cnc(NC(C)O)s4)CC3)NC2=O)ccn1. The minimum absolute atomic E-state index is 0.0317. The van der Waals surface area contributed by atoms with Crippen LogP contribution in [-0.2, 0) is 13.1 Å². The number of aromatic nitrogens is 2. The van der Waals surface area contributed by atoms with Crippen molar-refractivity contribution in [2.45, 2.75) is 51.5 Å². The third-order valence-corrected chi connectivity index (χ3v) is 6.48. The molecule has 0 saturated carbocycles. The molecule has 9 heteroatoms. The highest BCUT2D eigenvalue weighted by Gasteiger charge is 2.44. The Morgan fingerprint density at radius 2 is 2.14 bits per heavy atom. The minimum atomic E-state index is -0.603. The molecule has 4 heterocycles. The number of anilines is 1. The lowest BCUT2D eigenvalue weighted by Gasteiger charge is -2.38. The van der Waals surface area contributed by atoms with Crippen molar-refractivity contribution in [3.05, 3.63) is 40.7 Å². The number of aryl methyl sites for hydroxylation is 1. The minimum Gasteiger partial charge on any atom is -0.374 e. The van der Waals surface area contributed by atoms with Gasteiger partial charge in [-0.3, -0.25) is 9.88 Å². The maximum absolute atomic E-state index is 12.6. The van der Waals surface area contributed by atoms with Gasteiger partial charge in [0.1, 0.15) is 6.23 Å². The van der Waals surface area contributed by atoms with Crippen LogP contribution in [0.2, 0.25) is 0 Å². The first-order chi connectivity index (χ1) is 13.9. The molecule has 29 heavy (non-hydrogen) atoms. The van der Waals surface area contributed by atoms with E-state index in [4.69, 9.17) is 0 Å². The monoisotopic (exact) mass is 416 g/mol. The van der Waals surface area contributed by atoms with Gasteiger partial charge in [0.25, 0.3) is 0 Å². The Morgan fingerprint density at radius 3 is 2.86 bits per heavy atom. The largest absolute Gasteiger partial charge is 0.374 e. The van der Waals surface area contributed by atoms with Gasteiger partial charge in [0.15, 0.2) is 5.13 Å². The Hall–Kier alpha value is -2.23. The molecule has 2 amide bonds. The average molecular weight is 417 g/mol. The summed E-state index contributed by atoms with van der Waals surface area (Å²) in [7, 11) is 0. The first kappa shape index (κ1) is 20.1. The second kappa shape index (κ2) is 8.25. The summed E-state index contributed by atoms with van der Waals surface area (Å²) in [6, 6.07) is 4.05. The summed E-state index contributed by atoms with van der Waals surface area (Å²) < 4.78 is 0. The molecule has 1 unspecified atom stereocenters. The lowest BCUT2D eigenvalue weighted by Crippen LogP contribution is -2.52. The highest BCUT2D eigenvalue weighted by molar-refractivity contribution is 7.15. The van der Waals surface area contributed by atoms with Crippen molar-refractivity contribution in [1.29, 1.82) is 0 Å². The third kappa shape index (κ3) is 4.85. The molecule has 2 aromatic heterocycles. The van der Waals surface area contributed by atoms with E-state index in [1.807, 2.05) is 30.2 Å². The van der Waals surface area contributed by atoms with E-state index >= 15 is 0 Å². The Balaban J connectivity index is 1.30. The molecule has 0 aliphatic carbocycles. The number of piperidine rings is 1. The summed E-state index contributed by atoms with van der Waals surface area (Å²) in [4.78, 5) is 26.6. The summed E-state index contributed by atoms with van der Waals surface area (Å²) in [5.41, 5.74) is 1.97. The summed E-state index contributed by atoms with van der Waals surface area (Å²) in [5.74, 6) is 0. The van der Waals surface area contributed by atoms with Gasteiger partial charge in [0, 0.05) is 55.7 Å². The molecule has 0 aromatic carbocycles. The molecule has 2 aliphatic rings. The Morgan fingerprint density at radius 1 is 1.34 bits per heavy atom. The number of aliphatic hydroxyl groups is 1. The van der Waals surface area contributed by atoms with E-state index in [0.29, 0.717) is 6.54 Å². The third-order valence-electron chi connectivity index (χ3n) is 5.57. The molecule has 0 radical (unpaired) electrons. The molecule has 2 aromatic rings. The summed E-state index contributed by atoms with van der Waals surface area (Å²) in [6.45, 7) is 7.77. The van der Waals surface area contributed by atoms with Crippen molar-refractivity contribution in [1.82, 2.24) is 25.1 Å². The van der Waals surface area contributed by atoms with Crippen LogP contribution in [-0.4, -0.2) is 62.3 Å². The molecule has 1 spiro atoms. The molecule has 4 rings (SSSR count). The lowest BCUT2D eigenvalue weighted by atomic mass is 9.88. The molecule has 2 fully saturated rings. The zero-order valence-corrected chi connectivity index (χ0v) is 17.7. The molecule has 1 atom stereocenters. The number of likely N-dealkylation sites (tertiary alicyclic amines) is 1. The van der Waals surface area contributed by atoms with Gasteiger partial charge in [-0.25, -0.2) is 9.78 Å². The van der Waals surface area contributed by atoms with Crippen LogP contribution in [0.5, 0.6) is 0 Å². The van der Waals surface area contributed by atoms with Gasteiger partial charge in [0.05, 0.1) is 5.54 Å². The number of nitrogens with zero attached hydrogens (tertiary/aromatic N) is 4. The molecular weight excluding hydrogens is 388 g/mol. The highest BCUT2D eigenvalue weighted by atomic mass is 32.1. The number of carbonyl (C=O) groups excluding carboxylic acids is 1. The van der Waals surface area contributed by atoms with Crippen LogP contribution in [0.3, 0.4) is 0 Å². The van der Waals surface area contributed by atoms with E-state index in [2.05, 4.69) is 25.5 Å². The lowest BCUT2D eigenvalue weighted by molar-refractivity contribution is 0.143. The fourth-order valence-corrected chi connectivity index (χ4v) is 5.04. The smallest absolute Gasteiger partial charge is 0.318 e. The second-order valence-electron chi connectivity index (χ2n) is 8.10. The Labute approximate surface area is 175 Å². The summed E-state index contributed by atoms with van der Waals surface area (Å²) >= 11 is 1.57. The number of pyridine rings is 1. The van der Waals surface area contributed by atoms with Gasteiger partial charge < -0.3 is 20.6 Å². The van der Waals surface area contributed by atoms with Gasteiger partial charge in [-0.2, -0.15) is 0 Å². The van der Waals surface area contributed by atoms with Crippen molar-refractivity contribution in [3.63, 3.8) is 0 Å². The van der Waals surface area contributed by atoms with Crippen LogP contribution >= 0.6 is 11.3 Å². The number of aliphatic hydroxyl groups excluding tert-OH is 1. The van der Waals surface area contributed by atoms with Crippen LogP contribution in [0.4, 0.5) is 9.93 Å². The van der Waals surface area contributed by atoms with Crippen LogP contribution < -0.4 is 10.6 Å². The first-order valence-corrected chi connectivity index (χ1v) is 10.8. The zero-order valence-electron chi connectivity index (χ0n) is 16.9. The predicted molar refractivity (Wildman–Crippen MR) is 113 cm³/mol. The van der Waals surface area contributed by atoms with Crippen molar-refractivity contribution in [2.24, 2.45) is 0 Å². The van der Waals surface area contributed by atoms with Crippen molar-refractivity contribution >= 4 is 22.5 Å². The number of hydrogen-bond donors (Lipinski definition) is 3. The fraction of sp³-hybridized carbons (Fsp3) is 0.550. The van der Waals surface area contributed by atoms with Crippen molar-refractivity contribution in [2.75, 3.05) is 25.0 Å². The molecule has 8 nitrogen and oxygen atoms in total. The van der Waals surface area contributed by atoms with Crippen molar-refractivity contribution < 1.29 is 9.90 Å². The standard InChI is InChI=1S/C20H28N6O2S/c1-14-9-16(3-6-21-14)11-26-13-20(24-19(26)28)4-7-25(8-5-20)12-17-10-22-18(29-17)23-15(2)27/h3,6,9-10,15,27H,4-5,7-8,11-13H2,1-2H3,(H,22,23)(H,24,28). The highest BCUT2D eigenvalue weighted by Crippen LogP contribution is 2.30. The maximum Gasteiger partial charge on any atom is 0.318 e. The van der Waals surface area contributed by atoms with Crippen LogP contribution in [0.25, 0.3) is 0 Å². The number of thiazole rings is 1. The number of carbonyl (C=O) groups is 1. The van der Waals surface area contributed by atoms with Gasteiger partial charge in [-0.15, -0.1) is 11.3 Å². The van der Waals surface area contributed by atoms with Gasteiger partial charge >= 0.3 is 6.03 Å². The Kier molecular flexibility index (Phi) is 5.71. The predicted octanol–water partition coefficient (Wildman–Crippen LogP) is 2.16. The van der Waals surface area contributed by atoms with Crippen LogP contribution in [0.1, 0.15) is 35.9 Å². The molecule has 2 saturated heterocycles. The Bertz CT molecular complexity index is 862. The van der Waals surface area contributed by atoms with Gasteiger partial charge in [-0.05, 0) is 44.4 Å². The summed E-state index contributed by atoms with van der Waals surface area (Å²) in [5, 5.41) is 16.3. The zero-order chi connectivity index (χ0) is 20.4. The van der Waals surface area contributed by atoms with E-state index in [-0.39, 0.29) is 11.6 Å². The summed E-state index contributed by atoms with van der Waals surface area (Å²) in [6.07, 6.45) is 4.96. The average Bonchev–Trinajstić information content (AvgIpc) is 3.21. The molecule has 156 valence electrons. The second-order valence-corrected chi connectivity index (χ2v) is 9.22. The van der Waals surface area contributed by atoms with Crippen molar-refractivity contribution in [3.8, 4) is 0 Å². The number of urea groups is 1. The molecule has 3 N–H and O–H groups in total. The number of amides is 2. The number of nitrogens with one attached hydrogen (secondary N) is 2. The van der Waals surface area contributed by atoms with E-state index in [1.165, 1.54) is 4.88 Å². The maximum atomic E-state index is 12.6. The van der Waals surface area contributed by atoms with E-state index in [1.54, 1.807) is 24.5 Å². The number of rotatable bonds is 6. The molecule has 0 bridgehead atoms. The molecule has 2 aliphatic heterocycles. The van der Waals surface area contributed by atoms with E-state index in [9.17, 15) is 9.90 Å². The van der Waals surface area contributed by atoms with Crippen LogP contribution in [0, 0.1) is 6.92 Å². The van der Waals surface area contributed by atoms with Crippen LogP contribution in [0.15, 0.2) is 24.5 Å². The van der Waals surface area contributed by atoms with E-state index in [0.717, 1.165) is 55.4 Å². The normalized spacial score (nSPS) is 20.1. The quantitative estimate of drug-likeness (QED) is 0.625. The molecular formula is C20H28N6O2S.